The molecule has 268 valence electrons. The molecule has 57 heavy (non-hydrogen) atoms. The first kappa shape index (κ1) is 34.0. The third kappa shape index (κ3) is 5.98. The number of hydrogen-bond donors (Lipinski definition) is 0. The molecule has 0 N–H and O–H groups in total. The fourth-order valence-corrected chi connectivity index (χ4v) is 8.38. The summed E-state index contributed by atoms with van der Waals surface area (Å²) in [7, 11) is 0. The van der Waals surface area contributed by atoms with Crippen LogP contribution in [0, 0.1) is 6.57 Å². The van der Waals surface area contributed by atoms with Crippen LogP contribution in [-0.4, -0.2) is 15.0 Å². The van der Waals surface area contributed by atoms with Gasteiger partial charge in [0.25, 0.3) is 0 Å². The maximum atomic E-state index is 8.25. The van der Waals surface area contributed by atoms with Gasteiger partial charge in [-0.1, -0.05) is 147 Å². The van der Waals surface area contributed by atoms with Crippen molar-refractivity contribution in [1.29, 1.82) is 0 Å². The van der Waals surface area contributed by atoms with Crippen LogP contribution >= 0.6 is 0 Å². The lowest BCUT2D eigenvalue weighted by atomic mass is 9.81. The molecule has 0 spiro atoms. The van der Waals surface area contributed by atoms with E-state index in [2.05, 4.69) is 151 Å². The molecule has 0 saturated carbocycles. The van der Waals surface area contributed by atoms with Gasteiger partial charge in [0.1, 0.15) is 0 Å². The van der Waals surface area contributed by atoms with E-state index < -0.39 is 0 Å². The molecule has 0 radical (unpaired) electrons. The molecule has 0 saturated heterocycles. The highest BCUT2D eigenvalue weighted by Gasteiger charge is 2.38. The van der Waals surface area contributed by atoms with Crippen LogP contribution in [0.2, 0.25) is 0 Å². The second-order valence-electron chi connectivity index (χ2n) is 15.2. The predicted octanol–water partition coefficient (Wildman–Crippen LogP) is 13.9. The molecule has 0 amide bonds. The zero-order chi connectivity index (χ0) is 38.5. The van der Waals surface area contributed by atoms with Crippen LogP contribution in [0.25, 0.3) is 94.0 Å². The van der Waals surface area contributed by atoms with Gasteiger partial charge >= 0.3 is 0 Å². The second-order valence-corrected chi connectivity index (χ2v) is 15.2. The minimum atomic E-state index is -0.295. The van der Waals surface area contributed by atoms with E-state index in [9.17, 15) is 0 Å². The van der Waals surface area contributed by atoms with Crippen molar-refractivity contribution < 1.29 is 0 Å². The average Bonchev–Trinajstić information content (AvgIpc) is 3.50. The Balaban J connectivity index is 1.14. The van der Waals surface area contributed by atoms with Gasteiger partial charge in [0.05, 0.1) is 18.0 Å². The zero-order valence-corrected chi connectivity index (χ0v) is 31.6. The van der Waals surface area contributed by atoms with Crippen molar-refractivity contribution in [1.82, 2.24) is 15.0 Å². The SMILES string of the molecule is [C-]#[N+]c1c2c(cc3ccccc13)C(C)(C)c1cc(-c3cc(-c4cccnc4)cc(-c4cc(-c5ccc(-c6ccccc6)cc5)nc(-c5ccccc5)n4)c3)ccc1-2. The standard InChI is InChI=1S/C53H36N4/c1-53(2)46-30-38(24-25-45(46)50-47(53)31-39-17-10-11-19-44(39)51(50)54-3)41-27-42(40-18-12-26-55-33-40)29-43(28-41)49-32-48(56-52(57-49)37-15-8-5-9-16-37)36-22-20-35(21-23-36)34-13-6-4-7-14-34/h4-33H,1-2H3. The summed E-state index contributed by atoms with van der Waals surface area (Å²) in [6.07, 6.45) is 3.72. The number of hydrogen-bond acceptors (Lipinski definition) is 3. The molecule has 0 fully saturated rings. The van der Waals surface area contributed by atoms with Crippen molar-refractivity contribution in [2.45, 2.75) is 19.3 Å². The largest absolute Gasteiger partial charge is 0.264 e. The summed E-state index contributed by atoms with van der Waals surface area (Å²) in [6, 6.07) is 59.4. The lowest BCUT2D eigenvalue weighted by molar-refractivity contribution is 0.661. The van der Waals surface area contributed by atoms with Gasteiger partial charge in [-0.2, -0.15) is 0 Å². The Morgan fingerprint density at radius 1 is 0.474 bits per heavy atom. The molecular weight excluding hydrogens is 693 g/mol. The summed E-state index contributed by atoms with van der Waals surface area (Å²) in [5.41, 5.74) is 16.3. The van der Waals surface area contributed by atoms with Gasteiger partial charge in [0.15, 0.2) is 5.82 Å². The fourth-order valence-electron chi connectivity index (χ4n) is 8.38. The van der Waals surface area contributed by atoms with Gasteiger partial charge in [-0.05, 0) is 97.2 Å². The summed E-state index contributed by atoms with van der Waals surface area (Å²) in [5.74, 6) is 0.670. The molecular formula is C53H36N4. The topological polar surface area (TPSA) is 43.0 Å². The first-order valence-corrected chi connectivity index (χ1v) is 19.2. The number of rotatable bonds is 6. The molecule has 2 heterocycles. The number of aromatic nitrogens is 3. The average molecular weight is 729 g/mol. The third-order valence-corrected chi connectivity index (χ3v) is 11.4. The number of pyridine rings is 1. The molecule has 4 heteroatoms. The maximum absolute atomic E-state index is 8.25. The van der Waals surface area contributed by atoms with E-state index in [-0.39, 0.29) is 5.41 Å². The molecule has 4 nitrogen and oxygen atoms in total. The minimum Gasteiger partial charge on any atom is -0.264 e. The van der Waals surface area contributed by atoms with Gasteiger partial charge in [-0.25, -0.2) is 14.8 Å². The summed E-state index contributed by atoms with van der Waals surface area (Å²) < 4.78 is 0. The first-order valence-electron chi connectivity index (χ1n) is 19.2. The normalized spacial score (nSPS) is 12.5. The Labute approximate surface area is 332 Å². The summed E-state index contributed by atoms with van der Waals surface area (Å²) in [5, 5.41) is 2.10. The Bertz CT molecular complexity index is 3020. The number of nitrogens with zero attached hydrogens (tertiary/aromatic N) is 4. The Morgan fingerprint density at radius 2 is 1.07 bits per heavy atom. The molecule has 0 unspecified atom stereocenters. The molecule has 2 aromatic heterocycles. The Morgan fingerprint density at radius 3 is 1.79 bits per heavy atom. The lowest BCUT2D eigenvalue weighted by Crippen LogP contribution is -2.15. The molecule has 1 aliphatic rings. The monoisotopic (exact) mass is 728 g/mol. The number of benzene rings is 7. The molecule has 0 aliphatic heterocycles. The second kappa shape index (κ2) is 13.7. The highest BCUT2D eigenvalue weighted by molar-refractivity contribution is 6.06. The van der Waals surface area contributed by atoms with Crippen molar-refractivity contribution >= 4 is 16.5 Å². The van der Waals surface area contributed by atoms with E-state index in [4.69, 9.17) is 16.5 Å². The zero-order valence-electron chi connectivity index (χ0n) is 31.6. The maximum Gasteiger partial charge on any atom is 0.202 e. The van der Waals surface area contributed by atoms with Crippen molar-refractivity contribution in [3.8, 4) is 78.4 Å². The quantitative estimate of drug-likeness (QED) is 0.160. The lowest BCUT2D eigenvalue weighted by Gasteiger charge is -2.23. The summed E-state index contributed by atoms with van der Waals surface area (Å²) in [4.78, 5) is 19.0. The van der Waals surface area contributed by atoms with Gasteiger partial charge in [0, 0.05) is 40.1 Å². The highest BCUT2D eigenvalue weighted by atomic mass is 14.9. The molecule has 9 aromatic rings. The highest BCUT2D eigenvalue weighted by Crippen LogP contribution is 2.55. The van der Waals surface area contributed by atoms with E-state index >= 15 is 0 Å². The minimum absolute atomic E-state index is 0.295. The molecule has 0 bridgehead atoms. The Kier molecular flexibility index (Phi) is 8.17. The molecule has 7 aromatic carbocycles. The van der Waals surface area contributed by atoms with Crippen molar-refractivity contribution in [2.75, 3.05) is 0 Å². The van der Waals surface area contributed by atoms with Crippen molar-refractivity contribution in [2.24, 2.45) is 0 Å². The van der Waals surface area contributed by atoms with E-state index in [0.717, 1.165) is 83.5 Å². The van der Waals surface area contributed by atoms with Crippen molar-refractivity contribution in [3.63, 3.8) is 0 Å². The van der Waals surface area contributed by atoms with Gasteiger partial charge < -0.3 is 0 Å². The van der Waals surface area contributed by atoms with Crippen LogP contribution in [-0.2, 0) is 5.41 Å². The predicted molar refractivity (Wildman–Crippen MR) is 234 cm³/mol. The fraction of sp³-hybridized carbons (Fsp3) is 0.0566. The van der Waals surface area contributed by atoms with Gasteiger partial charge in [-0.15, -0.1) is 0 Å². The first-order chi connectivity index (χ1) is 27.9. The van der Waals surface area contributed by atoms with Gasteiger partial charge in [-0.3, -0.25) is 4.98 Å². The van der Waals surface area contributed by atoms with E-state index in [1.807, 2.05) is 48.7 Å². The Hall–Kier alpha value is -7.48. The van der Waals surface area contributed by atoms with E-state index in [0.29, 0.717) is 5.82 Å². The smallest absolute Gasteiger partial charge is 0.202 e. The van der Waals surface area contributed by atoms with Crippen LogP contribution in [0.3, 0.4) is 0 Å². The third-order valence-electron chi connectivity index (χ3n) is 11.4. The van der Waals surface area contributed by atoms with E-state index in [1.165, 1.54) is 16.7 Å². The van der Waals surface area contributed by atoms with Gasteiger partial charge in [0.2, 0.25) is 5.69 Å². The molecule has 1 aliphatic carbocycles. The van der Waals surface area contributed by atoms with Crippen LogP contribution < -0.4 is 0 Å². The molecule has 0 atom stereocenters. The summed E-state index contributed by atoms with van der Waals surface area (Å²) >= 11 is 0. The van der Waals surface area contributed by atoms with Crippen LogP contribution in [0.5, 0.6) is 0 Å². The number of fused-ring (bicyclic) bond motifs is 4. The van der Waals surface area contributed by atoms with E-state index in [1.54, 1.807) is 6.20 Å². The van der Waals surface area contributed by atoms with Crippen molar-refractivity contribution in [3.05, 3.63) is 205 Å². The van der Waals surface area contributed by atoms with Crippen LogP contribution in [0.15, 0.2) is 182 Å². The van der Waals surface area contributed by atoms with Crippen LogP contribution in [0.1, 0.15) is 25.0 Å². The molecule has 10 rings (SSSR count). The van der Waals surface area contributed by atoms with Crippen LogP contribution in [0.4, 0.5) is 5.69 Å². The summed E-state index contributed by atoms with van der Waals surface area (Å²) in [6.45, 7) is 12.8.